The van der Waals surface area contributed by atoms with Gasteiger partial charge in [0, 0.05) is 12.4 Å². The Hall–Kier alpha value is -2.50. The third kappa shape index (κ3) is 2.37. The summed E-state index contributed by atoms with van der Waals surface area (Å²) in [5, 5.41) is 2.78. The lowest BCUT2D eigenvalue weighted by Gasteiger charge is -2.20. The summed E-state index contributed by atoms with van der Waals surface area (Å²) in [6.07, 6.45) is 3.35. The summed E-state index contributed by atoms with van der Waals surface area (Å²) in [5.41, 5.74) is 0.476. The number of benzene rings is 1. The fourth-order valence-electron chi connectivity index (χ4n) is 1.91. The summed E-state index contributed by atoms with van der Waals surface area (Å²) in [4.78, 5) is 19.1. The first-order chi connectivity index (χ1) is 9.34. The van der Waals surface area contributed by atoms with Crippen LogP contribution in [0.15, 0.2) is 30.6 Å². The SMILES string of the molecule is O=C(NCc1ncc[nH]1)c1cccc2c1OCCO2. The van der Waals surface area contributed by atoms with Crippen molar-refractivity contribution in [2.45, 2.75) is 6.54 Å². The van der Waals surface area contributed by atoms with Crippen LogP contribution < -0.4 is 14.8 Å². The van der Waals surface area contributed by atoms with Crippen molar-refractivity contribution in [3.8, 4) is 11.5 Å². The first-order valence-electron chi connectivity index (χ1n) is 5.99. The number of imidazole rings is 1. The first kappa shape index (κ1) is 11.6. The normalized spacial score (nSPS) is 13.1. The van der Waals surface area contributed by atoms with Crippen molar-refractivity contribution in [2.24, 2.45) is 0 Å². The number of H-pyrrole nitrogens is 1. The highest BCUT2D eigenvalue weighted by molar-refractivity contribution is 5.97. The Balaban J connectivity index is 1.76. The summed E-state index contributed by atoms with van der Waals surface area (Å²) in [7, 11) is 0. The van der Waals surface area contributed by atoms with E-state index >= 15 is 0 Å². The molecule has 6 heteroatoms. The Labute approximate surface area is 109 Å². The number of aromatic nitrogens is 2. The summed E-state index contributed by atoms with van der Waals surface area (Å²) >= 11 is 0. The molecule has 0 saturated carbocycles. The van der Waals surface area contributed by atoms with Crippen molar-refractivity contribution in [3.05, 3.63) is 42.0 Å². The molecule has 1 amide bonds. The monoisotopic (exact) mass is 259 g/mol. The highest BCUT2D eigenvalue weighted by Gasteiger charge is 2.20. The molecule has 0 radical (unpaired) electrons. The van der Waals surface area contributed by atoms with Gasteiger partial charge < -0.3 is 19.8 Å². The number of fused-ring (bicyclic) bond motifs is 1. The van der Waals surface area contributed by atoms with Crippen LogP contribution in [0.3, 0.4) is 0 Å². The maximum absolute atomic E-state index is 12.1. The average molecular weight is 259 g/mol. The molecule has 1 aromatic heterocycles. The molecule has 19 heavy (non-hydrogen) atoms. The minimum absolute atomic E-state index is 0.209. The number of ether oxygens (including phenoxy) is 2. The van der Waals surface area contributed by atoms with Gasteiger partial charge in [-0.1, -0.05) is 6.07 Å². The second kappa shape index (κ2) is 5.01. The zero-order chi connectivity index (χ0) is 13.1. The van der Waals surface area contributed by atoms with E-state index in [-0.39, 0.29) is 5.91 Å². The molecule has 1 aliphatic heterocycles. The van der Waals surface area contributed by atoms with Crippen molar-refractivity contribution in [1.82, 2.24) is 15.3 Å². The molecule has 1 aromatic carbocycles. The zero-order valence-electron chi connectivity index (χ0n) is 10.2. The Kier molecular flexibility index (Phi) is 3.06. The van der Waals surface area contributed by atoms with Crippen LogP contribution >= 0.6 is 0 Å². The van der Waals surface area contributed by atoms with Gasteiger partial charge in [0.2, 0.25) is 0 Å². The Bertz CT molecular complexity index is 581. The van der Waals surface area contributed by atoms with Crippen molar-refractivity contribution >= 4 is 5.91 Å². The van der Waals surface area contributed by atoms with Crippen LogP contribution in [-0.4, -0.2) is 29.1 Å². The smallest absolute Gasteiger partial charge is 0.255 e. The lowest BCUT2D eigenvalue weighted by molar-refractivity contribution is 0.0939. The second-order valence-corrected chi connectivity index (χ2v) is 4.05. The molecule has 0 saturated heterocycles. The molecule has 6 nitrogen and oxygen atoms in total. The quantitative estimate of drug-likeness (QED) is 0.865. The molecule has 0 atom stereocenters. The number of para-hydroxylation sites is 1. The van der Waals surface area contributed by atoms with Gasteiger partial charge in [-0.05, 0) is 12.1 Å². The minimum Gasteiger partial charge on any atom is -0.486 e. The van der Waals surface area contributed by atoms with E-state index in [1.165, 1.54) is 0 Å². The molecule has 2 heterocycles. The molecule has 0 spiro atoms. The molecular formula is C13H13N3O3. The number of hydrogen-bond donors (Lipinski definition) is 2. The largest absolute Gasteiger partial charge is 0.486 e. The van der Waals surface area contributed by atoms with Gasteiger partial charge in [-0.25, -0.2) is 4.98 Å². The van der Waals surface area contributed by atoms with Crippen molar-refractivity contribution < 1.29 is 14.3 Å². The molecule has 2 N–H and O–H groups in total. The summed E-state index contributed by atoms with van der Waals surface area (Å²) in [5.74, 6) is 1.61. The summed E-state index contributed by atoms with van der Waals surface area (Å²) < 4.78 is 10.9. The fourth-order valence-corrected chi connectivity index (χ4v) is 1.91. The van der Waals surface area contributed by atoms with E-state index < -0.39 is 0 Å². The lowest BCUT2D eigenvalue weighted by Crippen LogP contribution is -2.25. The second-order valence-electron chi connectivity index (χ2n) is 4.05. The van der Waals surface area contributed by atoms with Gasteiger partial charge >= 0.3 is 0 Å². The maximum atomic E-state index is 12.1. The third-order valence-electron chi connectivity index (χ3n) is 2.78. The zero-order valence-corrected chi connectivity index (χ0v) is 10.2. The molecule has 3 rings (SSSR count). The van der Waals surface area contributed by atoms with E-state index in [2.05, 4.69) is 15.3 Å². The summed E-state index contributed by atoms with van der Waals surface area (Å²) in [6.45, 7) is 1.30. The van der Waals surface area contributed by atoms with Crippen molar-refractivity contribution in [1.29, 1.82) is 0 Å². The standard InChI is InChI=1S/C13H13N3O3/c17-13(16-8-11-14-4-5-15-11)9-2-1-3-10-12(9)19-7-6-18-10/h1-5H,6-8H2,(H,14,15)(H,16,17). The number of rotatable bonds is 3. The first-order valence-corrected chi connectivity index (χ1v) is 5.99. The van der Waals surface area contributed by atoms with E-state index in [0.29, 0.717) is 42.6 Å². The van der Waals surface area contributed by atoms with Crippen molar-refractivity contribution in [3.63, 3.8) is 0 Å². The van der Waals surface area contributed by atoms with Gasteiger partial charge in [-0.15, -0.1) is 0 Å². The molecule has 0 bridgehead atoms. The van der Waals surface area contributed by atoms with Gasteiger partial charge in [-0.2, -0.15) is 0 Å². The molecule has 0 unspecified atom stereocenters. The van der Waals surface area contributed by atoms with Crippen LogP contribution in [0, 0.1) is 0 Å². The number of amides is 1. The Morgan fingerprint density at radius 3 is 3.11 bits per heavy atom. The fraction of sp³-hybridized carbons (Fsp3) is 0.231. The highest BCUT2D eigenvalue weighted by atomic mass is 16.6. The minimum atomic E-state index is -0.209. The van der Waals surface area contributed by atoms with Crippen LogP contribution in [0.4, 0.5) is 0 Å². The number of nitrogens with one attached hydrogen (secondary N) is 2. The van der Waals surface area contributed by atoms with Crippen LogP contribution in [0.5, 0.6) is 11.5 Å². The molecule has 98 valence electrons. The highest BCUT2D eigenvalue weighted by Crippen LogP contribution is 2.33. The third-order valence-corrected chi connectivity index (χ3v) is 2.78. The number of carbonyl (C=O) groups excluding carboxylic acids is 1. The van der Waals surface area contributed by atoms with E-state index in [9.17, 15) is 4.79 Å². The summed E-state index contributed by atoms with van der Waals surface area (Å²) in [6, 6.07) is 5.28. The van der Waals surface area contributed by atoms with Crippen LogP contribution in [0.1, 0.15) is 16.2 Å². The van der Waals surface area contributed by atoms with Gasteiger partial charge in [0.25, 0.3) is 5.91 Å². The molecule has 2 aromatic rings. The molecular weight excluding hydrogens is 246 g/mol. The van der Waals surface area contributed by atoms with Crippen LogP contribution in [-0.2, 0) is 6.54 Å². The molecule has 0 aliphatic carbocycles. The Morgan fingerprint density at radius 1 is 1.37 bits per heavy atom. The average Bonchev–Trinajstić information content (AvgIpc) is 2.97. The number of carbonyl (C=O) groups is 1. The number of hydrogen-bond acceptors (Lipinski definition) is 4. The number of aromatic amines is 1. The number of nitrogens with zero attached hydrogens (tertiary/aromatic N) is 1. The van der Waals surface area contributed by atoms with E-state index in [4.69, 9.17) is 9.47 Å². The van der Waals surface area contributed by atoms with E-state index in [1.807, 2.05) is 0 Å². The predicted molar refractivity (Wildman–Crippen MR) is 67.2 cm³/mol. The molecule has 0 fully saturated rings. The van der Waals surface area contributed by atoms with E-state index in [0.717, 1.165) is 0 Å². The lowest BCUT2D eigenvalue weighted by atomic mass is 10.1. The van der Waals surface area contributed by atoms with Crippen LogP contribution in [0.2, 0.25) is 0 Å². The van der Waals surface area contributed by atoms with Gasteiger partial charge in [0.15, 0.2) is 11.5 Å². The van der Waals surface area contributed by atoms with Gasteiger partial charge in [0.05, 0.1) is 12.1 Å². The molecule has 1 aliphatic rings. The van der Waals surface area contributed by atoms with Gasteiger partial charge in [-0.3, -0.25) is 4.79 Å². The van der Waals surface area contributed by atoms with Crippen LogP contribution in [0.25, 0.3) is 0 Å². The topological polar surface area (TPSA) is 76.2 Å². The van der Waals surface area contributed by atoms with Gasteiger partial charge in [0.1, 0.15) is 19.0 Å². The Morgan fingerprint density at radius 2 is 2.26 bits per heavy atom. The van der Waals surface area contributed by atoms with E-state index in [1.54, 1.807) is 30.6 Å². The van der Waals surface area contributed by atoms with Crippen molar-refractivity contribution in [2.75, 3.05) is 13.2 Å². The predicted octanol–water partition coefficient (Wildman–Crippen LogP) is 1.11. The maximum Gasteiger partial charge on any atom is 0.255 e.